The second-order valence-electron chi connectivity index (χ2n) is 2.40. The van der Waals surface area contributed by atoms with Crippen molar-refractivity contribution >= 4 is 28.4 Å². The molecule has 0 saturated carbocycles. The molecule has 0 bridgehead atoms. The highest BCUT2D eigenvalue weighted by Crippen LogP contribution is 2.22. The number of nitro groups is 1. The van der Waals surface area contributed by atoms with E-state index in [0.29, 0.717) is 0 Å². The Hall–Kier alpha value is -1.77. The molecule has 0 radical (unpaired) electrons. The first-order valence-electron chi connectivity index (χ1n) is 3.58. The van der Waals surface area contributed by atoms with E-state index >= 15 is 0 Å². The summed E-state index contributed by atoms with van der Waals surface area (Å²) in [7, 11) is 0. The molecule has 0 aliphatic carbocycles. The molecule has 10 heteroatoms. The summed E-state index contributed by atoms with van der Waals surface area (Å²) in [5.74, 6) is -0.604. The highest BCUT2D eigenvalue weighted by atomic mass is 35.5. The van der Waals surface area contributed by atoms with Gasteiger partial charge in [-0.05, 0) is 0 Å². The van der Waals surface area contributed by atoms with Crippen molar-refractivity contribution in [2.24, 2.45) is 4.99 Å². The zero-order chi connectivity index (χ0) is 12.3. The molecule has 1 heterocycles. The van der Waals surface area contributed by atoms with Gasteiger partial charge in [-0.15, -0.1) is 0 Å². The summed E-state index contributed by atoms with van der Waals surface area (Å²) in [6.45, 7) is 0. The van der Waals surface area contributed by atoms with Crippen LogP contribution in [0.2, 0.25) is 0 Å². The summed E-state index contributed by atoms with van der Waals surface area (Å²) in [6.07, 6.45) is -3.34. The Morgan fingerprint density at radius 1 is 1.44 bits per heavy atom. The van der Waals surface area contributed by atoms with Crippen molar-refractivity contribution in [3.63, 3.8) is 0 Å². The monoisotopic (exact) mass is 254 g/mol. The quantitative estimate of drug-likeness (QED) is 0.460. The number of rotatable bonds is 2. The molecule has 86 valence electrons. The number of nitrogens with zero attached hydrogens (tertiary/aromatic N) is 4. The Morgan fingerprint density at radius 3 is 2.31 bits per heavy atom. The van der Waals surface area contributed by atoms with E-state index in [2.05, 4.69) is 15.0 Å². The summed E-state index contributed by atoms with van der Waals surface area (Å²) < 4.78 is 35.7. The van der Waals surface area contributed by atoms with Crippen LogP contribution in [0, 0.1) is 10.1 Å². The molecule has 0 fully saturated rings. The Morgan fingerprint density at radius 2 is 1.94 bits per heavy atom. The van der Waals surface area contributed by atoms with Crippen molar-refractivity contribution in [1.82, 2.24) is 9.97 Å². The lowest BCUT2D eigenvalue weighted by atomic mass is 10.5. The highest BCUT2D eigenvalue weighted by molar-refractivity contribution is 6.67. The fourth-order valence-corrected chi connectivity index (χ4v) is 0.693. The SMILES string of the molecule is O=[N+]([O-])c1cnc(N=C(Cl)C(F)(F)F)nc1. The van der Waals surface area contributed by atoms with Crippen LogP contribution in [0.5, 0.6) is 0 Å². The van der Waals surface area contributed by atoms with Gasteiger partial charge in [-0.3, -0.25) is 10.1 Å². The second kappa shape index (κ2) is 4.39. The van der Waals surface area contributed by atoms with Gasteiger partial charge in [0.15, 0.2) is 0 Å². The highest BCUT2D eigenvalue weighted by Gasteiger charge is 2.34. The molecular formula is C6H2ClF3N4O2. The average Bonchev–Trinajstić information content (AvgIpc) is 2.17. The van der Waals surface area contributed by atoms with Crippen LogP contribution >= 0.6 is 11.6 Å². The summed E-state index contributed by atoms with van der Waals surface area (Å²) >= 11 is 4.80. The summed E-state index contributed by atoms with van der Waals surface area (Å²) in [6, 6.07) is 0. The van der Waals surface area contributed by atoms with E-state index in [9.17, 15) is 23.3 Å². The lowest BCUT2D eigenvalue weighted by molar-refractivity contribution is -0.385. The van der Waals surface area contributed by atoms with Crippen LogP contribution < -0.4 is 0 Å². The minimum atomic E-state index is -4.80. The molecule has 1 aromatic heterocycles. The van der Waals surface area contributed by atoms with Gasteiger partial charge >= 0.3 is 11.9 Å². The van der Waals surface area contributed by atoms with Gasteiger partial charge in [0.25, 0.3) is 5.95 Å². The van der Waals surface area contributed by atoms with Gasteiger partial charge in [-0.1, -0.05) is 11.6 Å². The molecule has 0 aromatic carbocycles. The van der Waals surface area contributed by atoms with Crippen LogP contribution in [0.3, 0.4) is 0 Å². The third kappa shape index (κ3) is 3.12. The maximum Gasteiger partial charge on any atom is 0.444 e. The van der Waals surface area contributed by atoms with Crippen molar-refractivity contribution in [3.05, 3.63) is 22.5 Å². The second-order valence-corrected chi connectivity index (χ2v) is 2.76. The zero-order valence-corrected chi connectivity index (χ0v) is 8.03. The first kappa shape index (κ1) is 12.3. The third-order valence-electron chi connectivity index (χ3n) is 1.27. The fourth-order valence-electron chi connectivity index (χ4n) is 0.618. The van der Waals surface area contributed by atoms with Crippen molar-refractivity contribution in [3.8, 4) is 0 Å². The molecule has 0 amide bonds. The van der Waals surface area contributed by atoms with E-state index < -0.39 is 27.9 Å². The number of aromatic nitrogens is 2. The third-order valence-corrected chi connectivity index (χ3v) is 1.57. The largest absolute Gasteiger partial charge is 0.444 e. The van der Waals surface area contributed by atoms with E-state index in [4.69, 9.17) is 11.6 Å². The van der Waals surface area contributed by atoms with E-state index in [1.54, 1.807) is 0 Å². The van der Waals surface area contributed by atoms with Crippen molar-refractivity contribution in [2.45, 2.75) is 6.18 Å². The Labute approximate surface area is 90.9 Å². The van der Waals surface area contributed by atoms with Crippen molar-refractivity contribution in [1.29, 1.82) is 0 Å². The summed E-state index contributed by atoms with van der Waals surface area (Å²) in [5.41, 5.74) is -0.456. The van der Waals surface area contributed by atoms with Gasteiger partial charge in [0.1, 0.15) is 12.4 Å². The molecule has 0 unspecified atom stereocenters. The van der Waals surface area contributed by atoms with Gasteiger partial charge in [0.05, 0.1) is 4.92 Å². The fraction of sp³-hybridized carbons (Fsp3) is 0.167. The number of halogens is 4. The molecule has 0 saturated heterocycles. The van der Waals surface area contributed by atoms with Gasteiger partial charge in [-0.25, -0.2) is 9.97 Å². The van der Waals surface area contributed by atoms with Crippen LogP contribution in [0.25, 0.3) is 0 Å². The first-order chi connectivity index (χ1) is 7.30. The molecule has 0 atom stereocenters. The molecule has 1 aromatic rings. The lowest BCUT2D eigenvalue weighted by Gasteiger charge is -2.01. The molecule has 6 nitrogen and oxygen atoms in total. The molecule has 0 aliphatic rings. The Balaban J connectivity index is 2.96. The van der Waals surface area contributed by atoms with Crippen LogP contribution in [0.1, 0.15) is 0 Å². The predicted octanol–water partition coefficient (Wildman–Crippen LogP) is 2.22. The summed E-state index contributed by atoms with van der Waals surface area (Å²) in [4.78, 5) is 18.7. The van der Waals surface area contributed by atoms with Crippen molar-refractivity contribution in [2.75, 3.05) is 0 Å². The average molecular weight is 255 g/mol. The zero-order valence-electron chi connectivity index (χ0n) is 7.27. The van der Waals surface area contributed by atoms with E-state index in [1.165, 1.54) is 0 Å². The van der Waals surface area contributed by atoms with Gasteiger partial charge in [-0.2, -0.15) is 18.2 Å². The smallest absolute Gasteiger partial charge is 0.258 e. The molecule has 0 spiro atoms. The number of alkyl halides is 3. The van der Waals surface area contributed by atoms with Crippen LogP contribution in [0.4, 0.5) is 24.8 Å². The van der Waals surface area contributed by atoms with Crippen LogP contribution in [-0.2, 0) is 0 Å². The number of hydrogen-bond acceptors (Lipinski definition) is 5. The Bertz CT molecular complexity index is 430. The number of hydrogen-bond donors (Lipinski definition) is 0. The van der Waals surface area contributed by atoms with Gasteiger partial charge in [0, 0.05) is 0 Å². The van der Waals surface area contributed by atoms with Crippen LogP contribution in [-0.4, -0.2) is 26.2 Å². The maximum atomic E-state index is 11.9. The topological polar surface area (TPSA) is 81.3 Å². The minimum Gasteiger partial charge on any atom is -0.258 e. The normalized spacial score (nSPS) is 12.6. The minimum absolute atomic E-state index is 0.456. The standard InChI is InChI=1S/C6H2ClF3N4O2/c7-4(6(8,9)10)13-5-11-1-3(2-12-5)14(15)16/h1-2H. The predicted molar refractivity (Wildman–Crippen MR) is 47.7 cm³/mol. The van der Waals surface area contributed by atoms with Crippen molar-refractivity contribution < 1.29 is 18.1 Å². The summed E-state index contributed by atoms with van der Waals surface area (Å²) in [5, 5.41) is 8.53. The van der Waals surface area contributed by atoms with Gasteiger partial charge in [0.2, 0.25) is 5.17 Å². The lowest BCUT2D eigenvalue weighted by Crippen LogP contribution is -2.16. The van der Waals surface area contributed by atoms with Crippen LogP contribution in [0.15, 0.2) is 17.4 Å². The maximum absolute atomic E-state index is 11.9. The van der Waals surface area contributed by atoms with E-state index in [0.717, 1.165) is 12.4 Å². The van der Waals surface area contributed by atoms with Gasteiger partial charge < -0.3 is 0 Å². The van der Waals surface area contributed by atoms with E-state index in [1.807, 2.05) is 0 Å². The molecule has 0 N–H and O–H groups in total. The molecule has 1 rings (SSSR count). The molecule has 16 heavy (non-hydrogen) atoms. The molecule has 0 aliphatic heterocycles. The Kier molecular flexibility index (Phi) is 3.38. The number of aliphatic imine (C=N–C) groups is 1. The first-order valence-corrected chi connectivity index (χ1v) is 3.96. The van der Waals surface area contributed by atoms with E-state index in [-0.39, 0.29) is 0 Å². The molecular weight excluding hydrogens is 253 g/mol.